The van der Waals surface area contributed by atoms with Gasteiger partial charge < -0.3 is 15.5 Å². The number of carbonyl (C=O) groups is 1. The minimum Gasteiger partial charge on any atom is -0.371 e. The molecule has 0 unspecified atom stereocenters. The van der Waals surface area contributed by atoms with Crippen molar-refractivity contribution in [2.24, 2.45) is 0 Å². The number of nitrogens with zero attached hydrogens (tertiary/aromatic N) is 1. The molecule has 0 atom stereocenters. The summed E-state index contributed by atoms with van der Waals surface area (Å²) >= 11 is 1.61. The van der Waals surface area contributed by atoms with E-state index in [0.29, 0.717) is 22.7 Å². The molecule has 0 spiro atoms. The second-order valence-electron chi connectivity index (χ2n) is 7.67. The van der Waals surface area contributed by atoms with Crippen molar-refractivity contribution in [3.05, 3.63) is 82.7 Å². The molecule has 2 aromatic carbocycles. The molecule has 0 saturated carbocycles. The summed E-state index contributed by atoms with van der Waals surface area (Å²) in [6.45, 7) is 4.20. The molecule has 1 saturated heterocycles. The quantitative estimate of drug-likeness (QED) is 0.573. The Morgan fingerprint density at radius 1 is 1.20 bits per heavy atom. The van der Waals surface area contributed by atoms with Gasteiger partial charge in [0.1, 0.15) is 15.8 Å². The Hall–Kier alpha value is -2.96. The largest absolute Gasteiger partial charge is 0.371 e. The third-order valence-electron chi connectivity index (χ3n) is 5.57. The fourth-order valence-corrected chi connectivity index (χ4v) is 5.10. The molecule has 152 valence electrons. The number of hydrogen-bond donors (Lipinski definition) is 2. The Morgan fingerprint density at radius 3 is 2.70 bits per heavy atom. The van der Waals surface area contributed by atoms with Gasteiger partial charge >= 0.3 is 0 Å². The van der Waals surface area contributed by atoms with E-state index in [-0.39, 0.29) is 11.6 Å². The molecular formula is C24H22FN3OS. The van der Waals surface area contributed by atoms with Gasteiger partial charge in [-0.25, -0.2) is 4.39 Å². The van der Waals surface area contributed by atoms with Crippen LogP contribution in [0.15, 0.2) is 54.6 Å². The molecule has 0 aliphatic carbocycles. The van der Waals surface area contributed by atoms with Crippen molar-refractivity contribution in [2.45, 2.75) is 13.0 Å². The molecule has 3 heterocycles. The zero-order valence-electron chi connectivity index (χ0n) is 16.6. The van der Waals surface area contributed by atoms with Crippen molar-refractivity contribution in [3.63, 3.8) is 0 Å². The second kappa shape index (κ2) is 7.70. The minimum absolute atomic E-state index is 0.0788. The second-order valence-corrected chi connectivity index (χ2v) is 8.67. The maximum Gasteiger partial charge on any atom is 0.196 e. The van der Waals surface area contributed by atoms with Gasteiger partial charge in [-0.1, -0.05) is 41.7 Å². The Bertz CT molecular complexity index is 1130. The number of ketones is 1. The number of para-hydroxylation sites is 1. The van der Waals surface area contributed by atoms with Crippen LogP contribution < -0.4 is 15.5 Å². The van der Waals surface area contributed by atoms with Crippen molar-refractivity contribution in [3.8, 4) is 0 Å². The van der Waals surface area contributed by atoms with Gasteiger partial charge in [0.2, 0.25) is 0 Å². The number of halogens is 1. The Balaban J connectivity index is 1.62. The molecule has 1 aromatic heterocycles. The van der Waals surface area contributed by atoms with Crippen molar-refractivity contribution in [1.29, 1.82) is 0 Å². The predicted octanol–water partition coefficient (Wildman–Crippen LogP) is 4.98. The highest BCUT2D eigenvalue weighted by Crippen LogP contribution is 2.46. The molecule has 1 fully saturated rings. The standard InChI is InChI=1S/C24H22FN3OS/c1-15-12-16(9-10-20(15)25)22(29)21-19-8-5-11-28(18-6-3-2-4-7-18)24(19)30-23(21)27-17-13-26-14-17/h2-10,12,17,26-27H,11,13-14H2,1H3. The van der Waals surface area contributed by atoms with Crippen LogP contribution in [0, 0.1) is 12.7 Å². The minimum atomic E-state index is -0.298. The first kappa shape index (κ1) is 19.0. The summed E-state index contributed by atoms with van der Waals surface area (Å²) in [6.07, 6.45) is 4.13. The van der Waals surface area contributed by atoms with Crippen LogP contribution in [-0.2, 0) is 0 Å². The molecule has 5 rings (SSSR count). The maximum absolute atomic E-state index is 13.8. The third kappa shape index (κ3) is 3.32. The Kier molecular flexibility index (Phi) is 4.89. The smallest absolute Gasteiger partial charge is 0.196 e. The van der Waals surface area contributed by atoms with Crippen LogP contribution in [0.1, 0.15) is 27.0 Å². The highest BCUT2D eigenvalue weighted by atomic mass is 32.1. The van der Waals surface area contributed by atoms with E-state index in [2.05, 4.69) is 33.7 Å². The lowest BCUT2D eigenvalue weighted by Gasteiger charge is -2.28. The van der Waals surface area contributed by atoms with Gasteiger partial charge in [-0.3, -0.25) is 4.79 Å². The van der Waals surface area contributed by atoms with Crippen LogP contribution in [0.5, 0.6) is 0 Å². The molecule has 2 aliphatic heterocycles. The van der Waals surface area contributed by atoms with Crippen LogP contribution in [-0.4, -0.2) is 31.5 Å². The fourth-order valence-electron chi connectivity index (χ4n) is 3.81. The molecule has 6 heteroatoms. The molecule has 0 amide bonds. The van der Waals surface area contributed by atoms with E-state index in [1.165, 1.54) is 6.07 Å². The van der Waals surface area contributed by atoms with E-state index in [1.807, 2.05) is 24.3 Å². The molecule has 4 nitrogen and oxygen atoms in total. The van der Waals surface area contributed by atoms with Gasteiger partial charge in [0.05, 0.1) is 11.6 Å². The van der Waals surface area contributed by atoms with Gasteiger partial charge in [-0.15, -0.1) is 0 Å². The van der Waals surface area contributed by atoms with Crippen LogP contribution in [0.3, 0.4) is 0 Å². The number of benzene rings is 2. The van der Waals surface area contributed by atoms with E-state index < -0.39 is 0 Å². The summed E-state index contributed by atoms with van der Waals surface area (Å²) in [4.78, 5) is 15.8. The van der Waals surface area contributed by atoms with E-state index in [1.54, 1.807) is 30.4 Å². The van der Waals surface area contributed by atoms with Gasteiger partial charge in [-0.05, 0) is 42.8 Å². The summed E-state index contributed by atoms with van der Waals surface area (Å²) in [5.74, 6) is -0.377. The summed E-state index contributed by atoms with van der Waals surface area (Å²) < 4.78 is 13.8. The molecular weight excluding hydrogens is 397 g/mol. The van der Waals surface area contributed by atoms with Gasteiger partial charge in [-0.2, -0.15) is 0 Å². The van der Waals surface area contributed by atoms with Gasteiger partial charge in [0, 0.05) is 36.4 Å². The number of fused-ring (bicyclic) bond motifs is 1. The normalized spacial score (nSPS) is 15.6. The van der Waals surface area contributed by atoms with Crippen LogP contribution >= 0.6 is 11.3 Å². The molecule has 2 N–H and O–H groups in total. The Morgan fingerprint density at radius 2 is 2.00 bits per heavy atom. The van der Waals surface area contributed by atoms with E-state index in [0.717, 1.165) is 40.9 Å². The van der Waals surface area contributed by atoms with E-state index >= 15 is 0 Å². The Labute approximate surface area is 179 Å². The van der Waals surface area contributed by atoms with E-state index in [4.69, 9.17) is 0 Å². The lowest BCUT2D eigenvalue weighted by atomic mass is 9.97. The molecule has 3 aromatic rings. The highest BCUT2D eigenvalue weighted by Gasteiger charge is 2.30. The summed E-state index contributed by atoms with van der Waals surface area (Å²) in [7, 11) is 0. The third-order valence-corrected chi connectivity index (χ3v) is 6.73. The number of rotatable bonds is 5. The summed E-state index contributed by atoms with van der Waals surface area (Å²) in [5, 5.41) is 8.75. The first-order valence-electron chi connectivity index (χ1n) is 10.1. The van der Waals surface area contributed by atoms with Crippen molar-refractivity contribution >= 4 is 38.9 Å². The maximum atomic E-state index is 13.8. The van der Waals surface area contributed by atoms with Crippen LogP contribution in [0.25, 0.3) is 6.08 Å². The summed E-state index contributed by atoms with van der Waals surface area (Å²) in [5.41, 5.74) is 3.68. The first-order chi connectivity index (χ1) is 14.6. The average molecular weight is 420 g/mol. The molecule has 0 radical (unpaired) electrons. The number of aryl methyl sites for hydroxylation is 1. The average Bonchev–Trinajstić information content (AvgIpc) is 3.11. The van der Waals surface area contributed by atoms with Gasteiger partial charge in [0.25, 0.3) is 0 Å². The fraction of sp³-hybridized carbons (Fsp3) is 0.208. The predicted molar refractivity (Wildman–Crippen MR) is 122 cm³/mol. The number of carbonyl (C=O) groups excluding carboxylic acids is 1. The number of thiophene rings is 1. The molecule has 0 bridgehead atoms. The topological polar surface area (TPSA) is 44.4 Å². The zero-order chi connectivity index (χ0) is 20.7. The van der Waals surface area contributed by atoms with Crippen molar-refractivity contribution < 1.29 is 9.18 Å². The lowest BCUT2D eigenvalue weighted by molar-refractivity contribution is 0.103. The van der Waals surface area contributed by atoms with E-state index in [9.17, 15) is 9.18 Å². The van der Waals surface area contributed by atoms with Crippen molar-refractivity contribution in [1.82, 2.24) is 5.32 Å². The number of hydrogen-bond acceptors (Lipinski definition) is 5. The number of anilines is 3. The lowest BCUT2D eigenvalue weighted by Crippen LogP contribution is -2.51. The first-order valence-corrected chi connectivity index (χ1v) is 10.9. The molecule has 2 aliphatic rings. The number of nitrogens with one attached hydrogen (secondary N) is 2. The van der Waals surface area contributed by atoms with Gasteiger partial charge in [0.15, 0.2) is 5.78 Å². The monoisotopic (exact) mass is 419 g/mol. The highest BCUT2D eigenvalue weighted by molar-refractivity contribution is 7.21. The molecule has 30 heavy (non-hydrogen) atoms. The van der Waals surface area contributed by atoms with Crippen molar-refractivity contribution in [2.75, 3.05) is 29.9 Å². The van der Waals surface area contributed by atoms with Crippen LogP contribution in [0.2, 0.25) is 0 Å². The summed E-state index contributed by atoms with van der Waals surface area (Å²) in [6, 6.07) is 15.1. The van der Waals surface area contributed by atoms with Crippen LogP contribution in [0.4, 0.5) is 20.1 Å². The SMILES string of the molecule is Cc1cc(C(=O)c2c(NC3CNC3)sc3c2C=CCN3c2ccccc2)ccc1F. The zero-order valence-corrected chi connectivity index (χ0v) is 17.4.